The molecule has 0 saturated carbocycles. The summed E-state index contributed by atoms with van der Waals surface area (Å²) in [6.07, 6.45) is 0. The van der Waals surface area contributed by atoms with E-state index in [1.54, 1.807) is 6.92 Å². The van der Waals surface area contributed by atoms with Crippen molar-refractivity contribution in [3.8, 4) is 11.5 Å². The number of carbonyl (C=O) groups is 1. The zero-order valence-electron chi connectivity index (χ0n) is 9.31. The van der Waals surface area contributed by atoms with Gasteiger partial charge in [0.15, 0.2) is 11.5 Å². The van der Waals surface area contributed by atoms with Crippen LogP contribution in [0.4, 0.5) is 0 Å². The molecule has 0 spiro atoms. The van der Waals surface area contributed by atoms with E-state index in [1.807, 2.05) is 0 Å². The van der Waals surface area contributed by atoms with Crippen molar-refractivity contribution in [2.45, 2.75) is 13.8 Å². The van der Waals surface area contributed by atoms with Gasteiger partial charge in [-0.25, -0.2) is 4.79 Å². The van der Waals surface area contributed by atoms with Crippen molar-refractivity contribution in [2.75, 3.05) is 0 Å². The maximum atomic E-state index is 11.2. The summed E-state index contributed by atoms with van der Waals surface area (Å²) in [6.45, 7) is 2.94. The molecular formula is C12H10O5. The number of phenolic OH excluding ortho intramolecular Hbond substituents is 1. The summed E-state index contributed by atoms with van der Waals surface area (Å²) in [5.74, 6) is -0.766. The molecule has 0 aliphatic carbocycles. The Kier molecular flexibility index (Phi) is 2.59. The molecule has 0 aliphatic heterocycles. The lowest BCUT2D eigenvalue weighted by Gasteiger charge is -2.06. The molecule has 17 heavy (non-hydrogen) atoms. The molecule has 88 valence electrons. The van der Waals surface area contributed by atoms with Crippen LogP contribution >= 0.6 is 0 Å². The number of fused-ring (bicyclic) bond motifs is 1. The van der Waals surface area contributed by atoms with Gasteiger partial charge in [-0.2, -0.15) is 0 Å². The van der Waals surface area contributed by atoms with E-state index in [-0.39, 0.29) is 17.1 Å². The maximum Gasteiger partial charge on any atom is 0.336 e. The van der Waals surface area contributed by atoms with Crippen LogP contribution in [0.1, 0.15) is 12.5 Å². The van der Waals surface area contributed by atoms with Crippen LogP contribution in [0.2, 0.25) is 0 Å². The monoisotopic (exact) mass is 234 g/mol. The Morgan fingerprint density at radius 3 is 2.71 bits per heavy atom. The molecule has 0 bridgehead atoms. The molecular weight excluding hydrogens is 224 g/mol. The van der Waals surface area contributed by atoms with Crippen LogP contribution in [0.3, 0.4) is 0 Å². The quantitative estimate of drug-likeness (QED) is 0.462. The number of ether oxygens (including phenoxy) is 1. The lowest BCUT2D eigenvalue weighted by atomic mass is 10.1. The Labute approximate surface area is 96.2 Å². The van der Waals surface area contributed by atoms with Crippen molar-refractivity contribution in [3.05, 3.63) is 34.2 Å². The van der Waals surface area contributed by atoms with Gasteiger partial charge in [-0.15, -0.1) is 0 Å². The molecule has 0 aliphatic rings. The van der Waals surface area contributed by atoms with Gasteiger partial charge in [-0.1, -0.05) is 0 Å². The first-order valence-corrected chi connectivity index (χ1v) is 4.93. The summed E-state index contributed by atoms with van der Waals surface area (Å²) in [4.78, 5) is 22.0. The van der Waals surface area contributed by atoms with Gasteiger partial charge in [0.25, 0.3) is 0 Å². The molecule has 1 aromatic heterocycles. The van der Waals surface area contributed by atoms with Crippen LogP contribution in [-0.2, 0) is 4.79 Å². The molecule has 1 aromatic carbocycles. The highest BCUT2D eigenvalue weighted by molar-refractivity contribution is 5.84. The highest BCUT2D eigenvalue weighted by Crippen LogP contribution is 2.32. The minimum Gasteiger partial charge on any atom is -0.504 e. The summed E-state index contributed by atoms with van der Waals surface area (Å²) in [6, 6.07) is 4.04. The van der Waals surface area contributed by atoms with Gasteiger partial charge in [-0.3, -0.25) is 4.79 Å². The number of hydrogen-bond acceptors (Lipinski definition) is 5. The molecule has 2 rings (SSSR count). The van der Waals surface area contributed by atoms with Gasteiger partial charge < -0.3 is 14.3 Å². The van der Waals surface area contributed by atoms with Gasteiger partial charge >= 0.3 is 11.6 Å². The van der Waals surface area contributed by atoms with Crippen LogP contribution in [0.5, 0.6) is 11.5 Å². The van der Waals surface area contributed by atoms with Crippen molar-refractivity contribution < 1.29 is 19.1 Å². The Morgan fingerprint density at radius 2 is 2.06 bits per heavy atom. The van der Waals surface area contributed by atoms with E-state index >= 15 is 0 Å². The molecule has 0 amide bonds. The van der Waals surface area contributed by atoms with Gasteiger partial charge in [0.05, 0.1) is 0 Å². The van der Waals surface area contributed by atoms with Crippen molar-refractivity contribution in [1.29, 1.82) is 0 Å². The van der Waals surface area contributed by atoms with Crippen molar-refractivity contribution in [2.24, 2.45) is 0 Å². The fourth-order valence-electron chi connectivity index (χ4n) is 1.57. The summed E-state index contributed by atoms with van der Waals surface area (Å²) < 4.78 is 9.74. The number of carbonyl (C=O) groups excluding carboxylic acids is 1. The van der Waals surface area contributed by atoms with Gasteiger partial charge in [0.1, 0.15) is 5.58 Å². The molecule has 1 N–H and O–H groups in total. The molecule has 0 fully saturated rings. The smallest absolute Gasteiger partial charge is 0.336 e. The number of esters is 1. The normalized spacial score (nSPS) is 10.5. The SMILES string of the molecule is CC(=O)Oc1cc2oc(=O)cc(C)c2cc1O. The third-order valence-corrected chi connectivity index (χ3v) is 2.28. The molecule has 0 unspecified atom stereocenters. The van der Waals surface area contributed by atoms with Crippen molar-refractivity contribution in [3.63, 3.8) is 0 Å². The number of phenols is 1. The number of aryl methyl sites for hydroxylation is 1. The molecule has 0 atom stereocenters. The Morgan fingerprint density at radius 1 is 1.35 bits per heavy atom. The van der Waals surface area contributed by atoms with Gasteiger partial charge in [-0.05, 0) is 18.6 Å². The first-order valence-electron chi connectivity index (χ1n) is 4.93. The number of hydrogen-bond donors (Lipinski definition) is 1. The largest absolute Gasteiger partial charge is 0.504 e. The number of benzene rings is 1. The average Bonchev–Trinajstić information content (AvgIpc) is 2.20. The van der Waals surface area contributed by atoms with Crippen LogP contribution in [0, 0.1) is 6.92 Å². The number of rotatable bonds is 1. The van der Waals surface area contributed by atoms with Crippen LogP contribution < -0.4 is 10.4 Å². The van der Waals surface area contributed by atoms with Crippen LogP contribution in [-0.4, -0.2) is 11.1 Å². The second-order valence-electron chi connectivity index (χ2n) is 3.66. The Bertz CT molecular complexity index is 654. The Balaban J connectivity index is 2.71. The molecule has 1 heterocycles. The van der Waals surface area contributed by atoms with E-state index < -0.39 is 11.6 Å². The third kappa shape index (κ3) is 2.13. The van der Waals surface area contributed by atoms with E-state index in [0.29, 0.717) is 10.9 Å². The summed E-state index contributed by atoms with van der Waals surface area (Å²) in [5.41, 5.74) is 0.458. The van der Waals surface area contributed by atoms with Crippen molar-refractivity contribution in [1.82, 2.24) is 0 Å². The van der Waals surface area contributed by atoms with E-state index in [1.165, 1.54) is 25.1 Å². The fraction of sp³-hybridized carbons (Fsp3) is 0.167. The average molecular weight is 234 g/mol. The van der Waals surface area contributed by atoms with E-state index in [9.17, 15) is 14.7 Å². The van der Waals surface area contributed by atoms with E-state index in [0.717, 1.165) is 0 Å². The van der Waals surface area contributed by atoms with E-state index in [4.69, 9.17) is 9.15 Å². The topological polar surface area (TPSA) is 76.7 Å². The zero-order valence-corrected chi connectivity index (χ0v) is 9.31. The fourth-order valence-corrected chi connectivity index (χ4v) is 1.57. The third-order valence-electron chi connectivity index (χ3n) is 2.28. The van der Waals surface area contributed by atoms with Crippen molar-refractivity contribution >= 4 is 16.9 Å². The maximum absolute atomic E-state index is 11.2. The second kappa shape index (κ2) is 3.93. The zero-order chi connectivity index (χ0) is 12.6. The Hall–Kier alpha value is -2.30. The minimum absolute atomic E-state index is 0.0289. The highest BCUT2D eigenvalue weighted by Gasteiger charge is 2.11. The van der Waals surface area contributed by atoms with Gasteiger partial charge in [0.2, 0.25) is 0 Å². The predicted molar refractivity (Wildman–Crippen MR) is 60.2 cm³/mol. The molecule has 5 heteroatoms. The predicted octanol–water partition coefficient (Wildman–Crippen LogP) is 1.73. The summed E-state index contributed by atoms with van der Waals surface area (Å²) in [5, 5.41) is 10.2. The highest BCUT2D eigenvalue weighted by atomic mass is 16.5. The summed E-state index contributed by atoms with van der Waals surface area (Å²) >= 11 is 0. The summed E-state index contributed by atoms with van der Waals surface area (Å²) in [7, 11) is 0. The second-order valence-corrected chi connectivity index (χ2v) is 3.66. The lowest BCUT2D eigenvalue weighted by Crippen LogP contribution is -2.02. The standard InChI is InChI=1S/C12H10O5/c1-6-3-12(15)17-10-5-11(16-7(2)13)9(14)4-8(6)10/h3-5,14H,1-2H3. The van der Waals surface area contributed by atoms with E-state index in [2.05, 4.69) is 0 Å². The molecule has 5 nitrogen and oxygen atoms in total. The molecule has 0 saturated heterocycles. The first-order chi connectivity index (χ1) is 7.97. The van der Waals surface area contributed by atoms with Crippen LogP contribution in [0.15, 0.2) is 27.4 Å². The lowest BCUT2D eigenvalue weighted by molar-refractivity contribution is -0.132. The number of aromatic hydroxyl groups is 1. The molecule has 2 aromatic rings. The minimum atomic E-state index is -0.561. The van der Waals surface area contributed by atoms with Crippen LogP contribution in [0.25, 0.3) is 11.0 Å². The van der Waals surface area contributed by atoms with Gasteiger partial charge in [0, 0.05) is 24.4 Å². The first kappa shape index (κ1) is 11.2. The molecule has 0 radical (unpaired) electrons.